The molecule has 0 aliphatic rings. The number of rotatable bonds is 2. The van der Waals surface area contributed by atoms with Crippen LogP contribution in [-0.2, 0) is 0 Å². The van der Waals surface area contributed by atoms with Gasteiger partial charge in [-0.2, -0.15) is 0 Å². The summed E-state index contributed by atoms with van der Waals surface area (Å²) >= 11 is 16.1. The summed E-state index contributed by atoms with van der Waals surface area (Å²) in [4.78, 5) is 11.5. The summed E-state index contributed by atoms with van der Waals surface area (Å²) in [6, 6.07) is 8.32. The van der Waals surface area contributed by atoms with E-state index in [2.05, 4.69) is 5.32 Å². The van der Waals surface area contributed by atoms with E-state index >= 15 is 0 Å². The molecule has 0 bridgehead atoms. The first-order valence-corrected chi connectivity index (χ1v) is 5.15. The summed E-state index contributed by atoms with van der Waals surface area (Å²) in [5.41, 5.74) is 0.380. The predicted molar refractivity (Wildman–Crippen MR) is 60.2 cm³/mol. The van der Waals surface area contributed by atoms with Gasteiger partial charge in [0.25, 0.3) is 5.91 Å². The average Bonchev–Trinajstić information content (AvgIpc) is 2.17. The zero-order chi connectivity index (χ0) is 11.5. The molecule has 1 rings (SSSR count). The number of amides is 1. The summed E-state index contributed by atoms with van der Waals surface area (Å²) < 4.78 is -1.94. The van der Waals surface area contributed by atoms with Crippen molar-refractivity contribution < 1.29 is 9.90 Å². The van der Waals surface area contributed by atoms with Crippen molar-refractivity contribution in [3.05, 3.63) is 35.9 Å². The molecule has 6 heteroatoms. The van der Waals surface area contributed by atoms with Crippen LogP contribution in [0.25, 0.3) is 0 Å². The van der Waals surface area contributed by atoms with Crippen LogP contribution in [-0.4, -0.2) is 21.0 Å². The molecule has 0 fully saturated rings. The molecule has 1 amide bonds. The molecule has 3 nitrogen and oxygen atoms in total. The molecule has 0 saturated heterocycles. The van der Waals surface area contributed by atoms with E-state index in [1.54, 1.807) is 30.3 Å². The van der Waals surface area contributed by atoms with E-state index in [1.807, 2.05) is 0 Å². The minimum atomic E-state index is -1.94. The monoisotopic (exact) mass is 267 g/mol. The van der Waals surface area contributed by atoms with Crippen molar-refractivity contribution >= 4 is 40.7 Å². The molecule has 0 aliphatic carbocycles. The summed E-state index contributed by atoms with van der Waals surface area (Å²) in [6.45, 7) is 0. The number of hydrogen-bond acceptors (Lipinski definition) is 2. The molecule has 1 aromatic rings. The van der Waals surface area contributed by atoms with Gasteiger partial charge in [0.15, 0.2) is 6.23 Å². The number of alkyl halides is 3. The summed E-state index contributed by atoms with van der Waals surface area (Å²) in [5.74, 6) is -0.505. The zero-order valence-electron chi connectivity index (χ0n) is 7.45. The normalized spacial score (nSPS) is 13.3. The van der Waals surface area contributed by atoms with Crippen molar-refractivity contribution in [1.82, 2.24) is 5.32 Å². The first-order chi connectivity index (χ1) is 6.91. The van der Waals surface area contributed by atoms with Gasteiger partial charge in [-0.05, 0) is 12.1 Å². The molecule has 0 aromatic heterocycles. The van der Waals surface area contributed by atoms with E-state index in [0.29, 0.717) is 5.56 Å². The number of halogens is 3. The maximum atomic E-state index is 11.5. The van der Waals surface area contributed by atoms with Gasteiger partial charge in [0.1, 0.15) is 0 Å². The fraction of sp³-hybridized carbons (Fsp3) is 0.222. The van der Waals surface area contributed by atoms with Crippen LogP contribution in [0.5, 0.6) is 0 Å². The first kappa shape index (κ1) is 12.6. The molecule has 1 atom stereocenters. The molecule has 0 saturated carbocycles. The van der Waals surface area contributed by atoms with E-state index in [1.165, 1.54) is 0 Å². The highest BCUT2D eigenvalue weighted by atomic mass is 35.6. The van der Waals surface area contributed by atoms with E-state index in [-0.39, 0.29) is 0 Å². The van der Waals surface area contributed by atoms with Crippen molar-refractivity contribution in [3.63, 3.8) is 0 Å². The molecule has 2 N–H and O–H groups in total. The highest BCUT2D eigenvalue weighted by Crippen LogP contribution is 2.28. The van der Waals surface area contributed by atoms with Gasteiger partial charge >= 0.3 is 0 Å². The van der Waals surface area contributed by atoms with Crippen molar-refractivity contribution in [2.75, 3.05) is 0 Å². The number of carbonyl (C=O) groups excluding carboxylic acids is 1. The van der Waals surface area contributed by atoms with Crippen LogP contribution < -0.4 is 5.32 Å². The third-order valence-corrected chi connectivity index (χ3v) is 2.23. The molecule has 0 spiro atoms. The van der Waals surface area contributed by atoms with Gasteiger partial charge in [0.2, 0.25) is 3.79 Å². The summed E-state index contributed by atoms with van der Waals surface area (Å²) in [5, 5.41) is 11.4. The smallest absolute Gasteiger partial charge is 0.253 e. The highest BCUT2D eigenvalue weighted by Gasteiger charge is 2.32. The second-order valence-corrected chi connectivity index (χ2v) is 5.15. The van der Waals surface area contributed by atoms with Gasteiger partial charge in [-0.25, -0.2) is 0 Å². The van der Waals surface area contributed by atoms with Gasteiger partial charge in [0, 0.05) is 5.56 Å². The number of carbonyl (C=O) groups is 1. The molecule has 0 radical (unpaired) electrons. The SMILES string of the molecule is O=C(N[C@H](O)C(Cl)(Cl)Cl)c1ccccc1. The third-order valence-electron chi connectivity index (χ3n) is 1.61. The Morgan fingerprint density at radius 1 is 1.27 bits per heavy atom. The molecular formula is C9H8Cl3NO2. The van der Waals surface area contributed by atoms with Crippen LogP contribution in [0.2, 0.25) is 0 Å². The number of hydrogen-bond donors (Lipinski definition) is 2. The van der Waals surface area contributed by atoms with Crippen LogP contribution in [0.1, 0.15) is 10.4 Å². The maximum Gasteiger partial charge on any atom is 0.253 e. The van der Waals surface area contributed by atoms with Crippen LogP contribution in [0.15, 0.2) is 30.3 Å². The van der Waals surface area contributed by atoms with Gasteiger partial charge in [0.05, 0.1) is 0 Å². The van der Waals surface area contributed by atoms with Crippen LogP contribution >= 0.6 is 34.8 Å². The molecular weight excluding hydrogens is 260 g/mol. The molecule has 0 aliphatic heterocycles. The maximum absolute atomic E-state index is 11.5. The van der Waals surface area contributed by atoms with E-state index in [4.69, 9.17) is 34.8 Å². The van der Waals surface area contributed by atoms with E-state index < -0.39 is 15.9 Å². The molecule has 0 unspecified atom stereocenters. The Morgan fingerprint density at radius 2 is 1.80 bits per heavy atom. The average molecular weight is 269 g/mol. The Balaban J connectivity index is 2.65. The highest BCUT2D eigenvalue weighted by molar-refractivity contribution is 6.68. The number of nitrogens with one attached hydrogen (secondary N) is 1. The van der Waals surface area contributed by atoms with Gasteiger partial charge in [-0.15, -0.1) is 0 Å². The Kier molecular flexibility index (Phi) is 4.22. The van der Waals surface area contributed by atoms with Gasteiger partial charge in [-0.3, -0.25) is 4.79 Å². The topological polar surface area (TPSA) is 49.3 Å². The number of aliphatic hydroxyl groups excluding tert-OH is 1. The van der Waals surface area contributed by atoms with E-state index in [0.717, 1.165) is 0 Å². The number of benzene rings is 1. The van der Waals surface area contributed by atoms with Crippen molar-refractivity contribution in [3.8, 4) is 0 Å². The van der Waals surface area contributed by atoms with Crippen LogP contribution in [0.3, 0.4) is 0 Å². The second-order valence-electron chi connectivity index (χ2n) is 2.78. The van der Waals surface area contributed by atoms with Crippen molar-refractivity contribution in [1.29, 1.82) is 0 Å². The zero-order valence-corrected chi connectivity index (χ0v) is 9.72. The van der Waals surface area contributed by atoms with Gasteiger partial charge in [-0.1, -0.05) is 53.0 Å². The Hall–Kier alpha value is -0.480. The van der Waals surface area contributed by atoms with Crippen molar-refractivity contribution in [2.45, 2.75) is 10.0 Å². The van der Waals surface area contributed by atoms with Gasteiger partial charge < -0.3 is 10.4 Å². The van der Waals surface area contributed by atoms with Crippen molar-refractivity contribution in [2.24, 2.45) is 0 Å². The minimum absolute atomic E-state index is 0.380. The standard InChI is InChI=1S/C9H8Cl3NO2/c10-9(11,12)8(15)13-7(14)6-4-2-1-3-5-6/h1-5,8,15H,(H,13,14)/t8-/m1/s1. The Labute approximate surface area is 102 Å². The lowest BCUT2D eigenvalue weighted by atomic mass is 10.2. The molecule has 1 aromatic carbocycles. The quantitative estimate of drug-likeness (QED) is 0.637. The predicted octanol–water partition coefficient (Wildman–Crippen LogP) is 2.10. The Bertz CT molecular complexity index is 337. The summed E-state index contributed by atoms with van der Waals surface area (Å²) in [7, 11) is 0. The number of aliphatic hydroxyl groups is 1. The minimum Gasteiger partial charge on any atom is -0.369 e. The third kappa shape index (κ3) is 3.87. The fourth-order valence-electron chi connectivity index (χ4n) is 0.879. The molecule has 15 heavy (non-hydrogen) atoms. The first-order valence-electron chi connectivity index (χ1n) is 4.02. The lowest BCUT2D eigenvalue weighted by Crippen LogP contribution is -2.43. The largest absolute Gasteiger partial charge is 0.369 e. The summed E-state index contributed by atoms with van der Waals surface area (Å²) in [6.07, 6.45) is -1.55. The molecule has 0 heterocycles. The lowest BCUT2D eigenvalue weighted by Gasteiger charge is -2.19. The second kappa shape index (κ2) is 5.03. The van der Waals surface area contributed by atoms with E-state index in [9.17, 15) is 9.90 Å². The van der Waals surface area contributed by atoms with Crippen LogP contribution in [0, 0.1) is 0 Å². The Morgan fingerprint density at radius 3 is 2.27 bits per heavy atom. The molecule has 82 valence electrons. The van der Waals surface area contributed by atoms with Crippen LogP contribution in [0.4, 0.5) is 0 Å². The fourth-order valence-corrected chi connectivity index (χ4v) is 1.04. The lowest BCUT2D eigenvalue weighted by molar-refractivity contribution is 0.0792.